The third-order valence-corrected chi connectivity index (χ3v) is 3.93. The Morgan fingerprint density at radius 2 is 2.21 bits per heavy atom. The number of nitrogens with one attached hydrogen (secondary N) is 1. The summed E-state index contributed by atoms with van der Waals surface area (Å²) < 4.78 is 5.47. The Morgan fingerprint density at radius 3 is 2.89 bits per heavy atom. The van der Waals surface area contributed by atoms with Gasteiger partial charge in [-0.3, -0.25) is 9.59 Å². The summed E-state index contributed by atoms with van der Waals surface area (Å²) in [6.45, 7) is 1.70. The second kappa shape index (κ2) is 4.68. The molecule has 1 N–H and O–H groups in total. The van der Waals surface area contributed by atoms with Crippen LogP contribution in [-0.4, -0.2) is 17.8 Å². The van der Waals surface area contributed by atoms with Gasteiger partial charge in [0, 0.05) is 12.0 Å². The average molecular weight is 259 g/mol. The summed E-state index contributed by atoms with van der Waals surface area (Å²) in [6.07, 6.45) is 3.69. The van der Waals surface area contributed by atoms with Gasteiger partial charge in [-0.2, -0.15) is 0 Å². The van der Waals surface area contributed by atoms with Gasteiger partial charge < -0.3 is 10.1 Å². The Morgan fingerprint density at radius 1 is 1.42 bits per heavy atom. The van der Waals surface area contributed by atoms with Gasteiger partial charge in [-0.15, -0.1) is 0 Å². The van der Waals surface area contributed by atoms with Crippen molar-refractivity contribution in [2.75, 3.05) is 5.32 Å². The van der Waals surface area contributed by atoms with Crippen LogP contribution in [0.1, 0.15) is 43.0 Å². The number of hydrogen-bond donors (Lipinski definition) is 1. The number of ether oxygens (including phenoxy) is 1. The van der Waals surface area contributed by atoms with Crippen molar-refractivity contribution >= 4 is 17.4 Å². The van der Waals surface area contributed by atoms with E-state index in [1.165, 1.54) is 6.42 Å². The molecule has 0 radical (unpaired) electrons. The summed E-state index contributed by atoms with van der Waals surface area (Å²) >= 11 is 0. The fourth-order valence-electron chi connectivity index (χ4n) is 2.46. The molecule has 1 heterocycles. The van der Waals surface area contributed by atoms with Gasteiger partial charge in [-0.05, 0) is 31.0 Å². The van der Waals surface area contributed by atoms with Crippen molar-refractivity contribution in [1.29, 1.82) is 0 Å². The number of rotatable bonds is 3. The molecule has 1 atom stereocenters. The molecule has 1 aliphatic heterocycles. The quantitative estimate of drug-likeness (QED) is 0.849. The van der Waals surface area contributed by atoms with Crippen LogP contribution in [0.3, 0.4) is 0 Å². The molecule has 100 valence electrons. The lowest BCUT2D eigenvalue weighted by molar-refractivity contribution is -0.122. The Labute approximate surface area is 112 Å². The number of benzene rings is 1. The minimum Gasteiger partial charge on any atom is -0.479 e. The first-order valence-corrected chi connectivity index (χ1v) is 6.78. The molecule has 0 spiro atoms. The number of Topliss-reactive ketones (excluding diaryl/α,β-unsaturated/α-hetero) is 1. The Balaban J connectivity index is 1.78. The largest absolute Gasteiger partial charge is 0.479 e. The molecule has 4 nitrogen and oxygen atoms in total. The fraction of sp³-hybridized carbons (Fsp3) is 0.467. The second-order valence-corrected chi connectivity index (χ2v) is 5.38. The summed E-state index contributed by atoms with van der Waals surface area (Å²) in [7, 11) is 0. The van der Waals surface area contributed by atoms with E-state index in [2.05, 4.69) is 5.32 Å². The number of anilines is 1. The standard InChI is InChI=1S/C15H17NO3/c1-9-15(18)16-12-8-11(5-6-14(12)19-9)13(17)7-10-3-2-4-10/h5-6,8-10H,2-4,7H2,1H3,(H,16,18). The van der Waals surface area contributed by atoms with Crippen molar-refractivity contribution in [2.24, 2.45) is 5.92 Å². The van der Waals surface area contributed by atoms with Crippen LogP contribution < -0.4 is 10.1 Å². The molecule has 1 aliphatic carbocycles. The number of hydrogen-bond acceptors (Lipinski definition) is 3. The van der Waals surface area contributed by atoms with Crippen LogP contribution >= 0.6 is 0 Å². The molecule has 0 bridgehead atoms. The van der Waals surface area contributed by atoms with Crippen molar-refractivity contribution < 1.29 is 14.3 Å². The average Bonchev–Trinajstić information content (AvgIpc) is 2.34. The lowest BCUT2D eigenvalue weighted by atomic mass is 9.81. The first-order valence-electron chi connectivity index (χ1n) is 6.78. The number of amides is 1. The summed E-state index contributed by atoms with van der Waals surface area (Å²) in [5, 5.41) is 2.77. The molecule has 1 aromatic carbocycles. The van der Waals surface area contributed by atoms with Crippen LogP contribution in [0.15, 0.2) is 18.2 Å². The highest BCUT2D eigenvalue weighted by atomic mass is 16.5. The minimum absolute atomic E-state index is 0.153. The van der Waals surface area contributed by atoms with Gasteiger partial charge in [0.1, 0.15) is 5.75 Å². The van der Waals surface area contributed by atoms with Crippen LogP contribution in [0.5, 0.6) is 5.75 Å². The van der Waals surface area contributed by atoms with E-state index >= 15 is 0 Å². The molecule has 0 saturated heterocycles. The van der Waals surface area contributed by atoms with Gasteiger partial charge in [0.25, 0.3) is 5.91 Å². The van der Waals surface area contributed by atoms with Crippen LogP contribution in [0.2, 0.25) is 0 Å². The van der Waals surface area contributed by atoms with Crippen LogP contribution in [0.25, 0.3) is 0 Å². The fourth-order valence-corrected chi connectivity index (χ4v) is 2.46. The Hall–Kier alpha value is -1.84. The lowest BCUT2D eigenvalue weighted by Crippen LogP contribution is -2.34. The van der Waals surface area contributed by atoms with Crippen LogP contribution in [-0.2, 0) is 4.79 Å². The van der Waals surface area contributed by atoms with E-state index in [1.54, 1.807) is 25.1 Å². The third-order valence-electron chi connectivity index (χ3n) is 3.93. The van der Waals surface area contributed by atoms with Crippen molar-refractivity contribution in [3.8, 4) is 5.75 Å². The van der Waals surface area contributed by atoms with Gasteiger partial charge in [0.2, 0.25) is 0 Å². The Kier molecular flexibility index (Phi) is 3.01. The third kappa shape index (κ3) is 2.35. The van der Waals surface area contributed by atoms with E-state index in [0.29, 0.717) is 29.3 Å². The normalized spacial score (nSPS) is 21.9. The summed E-state index contributed by atoms with van der Waals surface area (Å²) in [4.78, 5) is 23.7. The number of ketones is 1. The predicted octanol–water partition coefficient (Wildman–Crippen LogP) is 2.78. The number of carbonyl (C=O) groups is 2. The topological polar surface area (TPSA) is 55.4 Å². The maximum absolute atomic E-state index is 12.1. The summed E-state index contributed by atoms with van der Waals surface area (Å²) in [6, 6.07) is 5.27. The van der Waals surface area contributed by atoms with Gasteiger partial charge in [-0.1, -0.05) is 19.3 Å². The van der Waals surface area contributed by atoms with E-state index in [4.69, 9.17) is 4.74 Å². The molecule has 1 fully saturated rings. The zero-order chi connectivity index (χ0) is 13.4. The summed E-state index contributed by atoms with van der Waals surface area (Å²) in [5.74, 6) is 1.16. The van der Waals surface area contributed by atoms with Gasteiger partial charge in [0.15, 0.2) is 11.9 Å². The van der Waals surface area contributed by atoms with Crippen LogP contribution in [0.4, 0.5) is 5.69 Å². The van der Waals surface area contributed by atoms with Crippen molar-refractivity contribution in [1.82, 2.24) is 0 Å². The SMILES string of the molecule is CC1Oc2ccc(C(=O)CC3CCC3)cc2NC1=O. The summed E-state index contributed by atoms with van der Waals surface area (Å²) in [5.41, 5.74) is 1.26. The van der Waals surface area contributed by atoms with E-state index in [-0.39, 0.29) is 11.7 Å². The van der Waals surface area contributed by atoms with Gasteiger partial charge in [0.05, 0.1) is 5.69 Å². The molecule has 1 saturated carbocycles. The van der Waals surface area contributed by atoms with Gasteiger partial charge in [-0.25, -0.2) is 0 Å². The van der Waals surface area contributed by atoms with Crippen molar-refractivity contribution in [3.63, 3.8) is 0 Å². The van der Waals surface area contributed by atoms with E-state index in [1.807, 2.05) is 0 Å². The molecule has 1 unspecified atom stereocenters. The molecule has 3 rings (SSSR count). The molecular weight excluding hydrogens is 242 g/mol. The molecule has 19 heavy (non-hydrogen) atoms. The maximum atomic E-state index is 12.1. The molecule has 1 amide bonds. The molecule has 2 aliphatic rings. The zero-order valence-electron chi connectivity index (χ0n) is 10.9. The highest BCUT2D eigenvalue weighted by molar-refractivity contribution is 6.01. The van der Waals surface area contributed by atoms with E-state index < -0.39 is 6.10 Å². The Bertz CT molecular complexity index is 534. The van der Waals surface area contributed by atoms with E-state index in [9.17, 15) is 9.59 Å². The smallest absolute Gasteiger partial charge is 0.265 e. The van der Waals surface area contributed by atoms with Crippen LogP contribution in [0, 0.1) is 5.92 Å². The number of carbonyl (C=O) groups excluding carboxylic acids is 2. The van der Waals surface area contributed by atoms with Crippen molar-refractivity contribution in [3.05, 3.63) is 23.8 Å². The second-order valence-electron chi connectivity index (χ2n) is 5.38. The molecule has 0 aromatic heterocycles. The number of fused-ring (bicyclic) bond motifs is 1. The highest BCUT2D eigenvalue weighted by Crippen LogP contribution is 2.33. The first kappa shape index (κ1) is 12.2. The predicted molar refractivity (Wildman–Crippen MR) is 71.5 cm³/mol. The first-order chi connectivity index (χ1) is 9.13. The minimum atomic E-state index is -0.482. The van der Waals surface area contributed by atoms with Crippen molar-refractivity contribution in [2.45, 2.75) is 38.7 Å². The molecule has 4 heteroatoms. The maximum Gasteiger partial charge on any atom is 0.265 e. The van der Waals surface area contributed by atoms with E-state index in [0.717, 1.165) is 12.8 Å². The zero-order valence-corrected chi connectivity index (χ0v) is 10.9. The highest BCUT2D eigenvalue weighted by Gasteiger charge is 2.25. The molecular formula is C15H17NO3. The molecule has 1 aromatic rings. The monoisotopic (exact) mass is 259 g/mol. The lowest BCUT2D eigenvalue weighted by Gasteiger charge is -2.25. The van der Waals surface area contributed by atoms with Gasteiger partial charge >= 0.3 is 0 Å².